The van der Waals surface area contributed by atoms with Crippen molar-refractivity contribution in [3.05, 3.63) is 47.0 Å². The first-order valence-corrected chi connectivity index (χ1v) is 6.20. The summed E-state index contributed by atoms with van der Waals surface area (Å²) in [7, 11) is 0. The largest absolute Gasteiger partial charge is 0.282 e. The lowest BCUT2D eigenvalue weighted by Crippen LogP contribution is -2.23. The van der Waals surface area contributed by atoms with Crippen LogP contribution >= 0.6 is 0 Å². The monoisotopic (exact) mass is 232 g/mol. The van der Waals surface area contributed by atoms with E-state index in [-0.39, 0.29) is 0 Å². The standard InChI is InChI=1S/C14H20N2O/c1-5-13-9-7-11(3)15(13)17-16-12(4)8-10-14(16)6-2/h7-10H,5-6H2,1-4H3. The highest BCUT2D eigenvalue weighted by molar-refractivity contribution is 5.16. The second-order valence-corrected chi connectivity index (χ2v) is 4.31. The Kier molecular flexibility index (Phi) is 3.27. The molecule has 2 rings (SSSR count). The molecule has 0 N–H and O–H groups in total. The zero-order valence-electron chi connectivity index (χ0n) is 11.0. The summed E-state index contributed by atoms with van der Waals surface area (Å²) in [5, 5.41) is 0. The zero-order chi connectivity index (χ0) is 12.4. The van der Waals surface area contributed by atoms with Gasteiger partial charge in [0.15, 0.2) is 0 Å². The van der Waals surface area contributed by atoms with Crippen LogP contribution in [-0.2, 0) is 12.8 Å². The SMILES string of the molecule is CCc1ccc(C)n1On1c(C)ccc1CC. The van der Waals surface area contributed by atoms with E-state index in [2.05, 4.69) is 52.0 Å². The average Bonchev–Trinajstić information content (AvgIpc) is 2.85. The summed E-state index contributed by atoms with van der Waals surface area (Å²) in [6.07, 6.45) is 1.94. The van der Waals surface area contributed by atoms with Gasteiger partial charge in [0, 0.05) is 0 Å². The van der Waals surface area contributed by atoms with E-state index in [0.717, 1.165) is 24.2 Å². The topological polar surface area (TPSA) is 19.1 Å². The molecule has 0 unspecified atom stereocenters. The van der Waals surface area contributed by atoms with Crippen molar-refractivity contribution in [2.24, 2.45) is 0 Å². The first kappa shape index (κ1) is 11.8. The van der Waals surface area contributed by atoms with E-state index in [0.29, 0.717) is 0 Å². The second-order valence-electron chi connectivity index (χ2n) is 4.31. The number of aryl methyl sites for hydroxylation is 4. The van der Waals surface area contributed by atoms with Crippen molar-refractivity contribution < 1.29 is 4.94 Å². The molecule has 0 aliphatic rings. The lowest BCUT2D eigenvalue weighted by atomic mass is 10.3. The van der Waals surface area contributed by atoms with Crippen molar-refractivity contribution in [1.82, 2.24) is 9.46 Å². The fraction of sp³-hybridized carbons (Fsp3) is 0.429. The molecule has 2 aromatic rings. The van der Waals surface area contributed by atoms with E-state index >= 15 is 0 Å². The summed E-state index contributed by atoms with van der Waals surface area (Å²) in [4.78, 5) is 6.00. The van der Waals surface area contributed by atoms with E-state index in [4.69, 9.17) is 4.94 Å². The maximum atomic E-state index is 6.00. The second kappa shape index (κ2) is 4.70. The summed E-state index contributed by atoms with van der Waals surface area (Å²) in [6, 6.07) is 8.39. The van der Waals surface area contributed by atoms with E-state index in [1.807, 2.05) is 9.46 Å². The predicted octanol–water partition coefficient (Wildman–Crippen LogP) is 2.92. The van der Waals surface area contributed by atoms with Crippen LogP contribution < -0.4 is 4.94 Å². The van der Waals surface area contributed by atoms with Crippen LogP contribution in [0.1, 0.15) is 36.6 Å². The third-order valence-electron chi connectivity index (χ3n) is 3.08. The van der Waals surface area contributed by atoms with Gasteiger partial charge in [-0.3, -0.25) is 4.94 Å². The normalized spacial score (nSPS) is 10.8. The number of hydrogen-bond acceptors (Lipinski definition) is 1. The van der Waals surface area contributed by atoms with E-state index in [1.54, 1.807) is 0 Å². The number of nitrogens with zero attached hydrogens (tertiary/aromatic N) is 2. The molecule has 0 amide bonds. The Bertz CT molecular complexity index is 462. The molecule has 0 fully saturated rings. The summed E-state index contributed by atoms with van der Waals surface area (Å²) in [5.74, 6) is 0. The average molecular weight is 232 g/mol. The Hall–Kier alpha value is -1.64. The molecule has 0 saturated heterocycles. The lowest BCUT2D eigenvalue weighted by molar-refractivity contribution is 0.0201. The molecular weight excluding hydrogens is 212 g/mol. The third-order valence-corrected chi connectivity index (χ3v) is 3.08. The minimum atomic E-state index is 0.968. The van der Waals surface area contributed by atoms with Gasteiger partial charge in [-0.2, -0.15) is 9.46 Å². The smallest absolute Gasteiger partial charge is 0.0599 e. The quantitative estimate of drug-likeness (QED) is 0.793. The molecule has 0 aliphatic heterocycles. The first-order chi connectivity index (χ1) is 8.17. The molecule has 2 aromatic heterocycles. The van der Waals surface area contributed by atoms with Gasteiger partial charge < -0.3 is 0 Å². The van der Waals surface area contributed by atoms with Gasteiger partial charge in [-0.25, -0.2) is 0 Å². The molecule has 0 atom stereocenters. The highest BCUT2D eigenvalue weighted by Crippen LogP contribution is 2.11. The third kappa shape index (κ3) is 2.09. The van der Waals surface area contributed by atoms with Crippen LogP contribution in [-0.4, -0.2) is 9.46 Å². The first-order valence-electron chi connectivity index (χ1n) is 6.20. The summed E-state index contributed by atoms with van der Waals surface area (Å²) in [6.45, 7) is 8.39. The molecule has 0 spiro atoms. The molecule has 0 aromatic carbocycles. The Balaban J connectivity index is 2.37. The van der Waals surface area contributed by atoms with Crippen LogP contribution in [0.3, 0.4) is 0 Å². The van der Waals surface area contributed by atoms with Gasteiger partial charge in [0.05, 0.1) is 22.8 Å². The molecule has 3 heteroatoms. The van der Waals surface area contributed by atoms with Crippen molar-refractivity contribution >= 4 is 0 Å². The number of rotatable bonds is 4. The van der Waals surface area contributed by atoms with Crippen LogP contribution in [0, 0.1) is 13.8 Å². The van der Waals surface area contributed by atoms with Gasteiger partial charge in [0.1, 0.15) is 0 Å². The fourth-order valence-corrected chi connectivity index (χ4v) is 2.00. The Morgan fingerprint density at radius 1 is 0.824 bits per heavy atom. The fourth-order valence-electron chi connectivity index (χ4n) is 2.00. The minimum absolute atomic E-state index is 0.968. The zero-order valence-corrected chi connectivity index (χ0v) is 11.0. The number of aromatic nitrogens is 2. The van der Waals surface area contributed by atoms with Crippen LogP contribution in [0.5, 0.6) is 0 Å². The van der Waals surface area contributed by atoms with Crippen molar-refractivity contribution in [1.29, 1.82) is 0 Å². The molecular formula is C14H20N2O. The van der Waals surface area contributed by atoms with Gasteiger partial charge in [-0.1, -0.05) is 13.8 Å². The summed E-state index contributed by atoms with van der Waals surface area (Å²) >= 11 is 0. The van der Waals surface area contributed by atoms with Gasteiger partial charge in [0.25, 0.3) is 0 Å². The highest BCUT2D eigenvalue weighted by Gasteiger charge is 2.09. The van der Waals surface area contributed by atoms with E-state index < -0.39 is 0 Å². The van der Waals surface area contributed by atoms with Gasteiger partial charge in [-0.15, -0.1) is 0 Å². The molecule has 3 nitrogen and oxygen atoms in total. The molecule has 0 bridgehead atoms. The van der Waals surface area contributed by atoms with Crippen LogP contribution in [0.2, 0.25) is 0 Å². The Morgan fingerprint density at radius 3 is 1.59 bits per heavy atom. The van der Waals surface area contributed by atoms with Crippen molar-refractivity contribution in [3.63, 3.8) is 0 Å². The molecule has 17 heavy (non-hydrogen) atoms. The van der Waals surface area contributed by atoms with E-state index in [9.17, 15) is 0 Å². The summed E-state index contributed by atoms with van der Waals surface area (Å²) < 4.78 is 3.82. The highest BCUT2D eigenvalue weighted by atomic mass is 16.8. The Labute approximate surface area is 103 Å². The molecule has 0 aliphatic carbocycles. The van der Waals surface area contributed by atoms with Crippen LogP contribution in [0.4, 0.5) is 0 Å². The van der Waals surface area contributed by atoms with Crippen LogP contribution in [0.15, 0.2) is 24.3 Å². The summed E-state index contributed by atoms with van der Waals surface area (Å²) in [5.41, 5.74) is 4.63. The van der Waals surface area contributed by atoms with Gasteiger partial charge in [0.2, 0.25) is 0 Å². The number of hydrogen-bond donors (Lipinski definition) is 0. The molecule has 2 heterocycles. The van der Waals surface area contributed by atoms with Crippen LogP contribution in [0.25, 0.3) is 0 Å². The van der Waals surface area contributed by atoms with Crippen molar-refractivity contribution in [2.75, 3.05) is 0 Å². The van der Waals surface area contributed by atoms with E-state index in [1.165, 1.54) is 11.4 Å². The maximum absolute atomic E-state index is 6.00. The minimum Gasteiger partial charge on any atom is -0.282 e. The predicted molar refractivity (Wildman–Crippen MR) is 69.1 cm³/mol. The molecule has 0 radical (unpaired) electrons. The maximum Gasteiger partial charge on any atom is 0.0599 e. The lowest BCUT2D eigenvalue weighted by Gasteiger charge is -2.15. The molecule has 92 valence electrons. The van der Waals surface area contributed by atoms with Gasteiger partial charge >= 0.3 is 0 Å². The van der Waals surface area contributed by atoms with Gasteiger partial charge in [-0.05, 0) is 51.0 Å². The molecule has 0 saturated carbocycles. The van der Waals surface area contributed by atoms with Crippen molar-refractivity contribution in [3.8, 4) is 0 Å². The Morgan fingerprint density at radius 2 is 1.24 bits per heavy atom. The van der Waals surface area contributed by atoms with Crippen molar-refractivity contribution in [2.45, 2.75) is 40.5 Å².